The Morgan fingerprint density at radius 3 is 2.65 bits per heavy atom. The van der Waals surface area contributed by atoms with Crippen molar-refractivity contribution in [1.82, 2.24) is 0 Å². The Kier molecular flexibility index (Phi) is 2.60. The van der Waals surface area contributed by atoms with Crippen LogP contribution >= 0.6 is 0 Å². The lowest BCUT2D eigenvalue weighted by Gasteiger charge is -2.11. The third-order valence-corrected chi connectivity index (χ3v) is 2.63. The van der Waals surface area contributed by atoms with Crippen LogP contribution in [0.3, 0.4) is 0 Å². The molecule has 2 aromatic rings. The molecule has 0 atom stereocenters. The number of nitrogens with one attached hydrogen (secondary N) is 1. The van der Waals surface area contributed by atoms with Crippen LogP contribution in [0.2, 0.25) is 0 Å². The van der Waals surface area contributed by atoms with Gasteiger partial charge in [0.2, 0.25) is 0 Å². The van der Waals surface area contributed by atoms with Crippen molar-refractivity contribution in [3.63, 3.8) is 0 Å². The minimum Gasteiger partial charge on any atom is -0.396 e. The molecule has 0 unspecified atom stereocenters. The van der Waals surface area contributed by atoms with Crippen LogP contribution in [0.5, 0.6) is 0 Å². The molecular weight excluding hydrogens is 222 g/mol. The molecule has 0 radical (unpaired) electrons. The highest BCUT2D eigenvalue weighted by atomic mass is 19.1. The number of rotatable bonds is 1. The molecule has 3 N–H and O–H groups in total. The van der Waals surface area contributed by atoms with E-state index in [0.29, 0.717) is 11.1 Å². The van der Waals surface area contributed by atoms with Gasteiger partial charge in [-0.05, 0) is 18.2 Å². The maximum absolute atomic E-state index is 13.8. The Hall–Kier alpha value is -2.28. The van der Waals surface area contributed by atoms with E-state index >= 15 is 0 Å². The van der Waals surface area contributed by atoms with Gasteiger partial charge in [0.1, 0.15) is 5.82 Å². The van der Waals surface area contributed by atoms with Crippen LogP contribution in [0.25, 0.3) is 10.8 Å². The predicted octanol–water partition coefficient (Wildman–Crippen LogP) is 2.72. The topological polar surface area (TPSA) is 38.0 Å². The third-order valence-electron chi connectivity index (χ3n) is 2.63. The first-order valence-electron chi connectivity index (χ1n) is 4.94. The molecule has 0 amide bonds. The molecule has 2 rings (SSSR count). The fourth-order valence-corrected chi connectivity index (χ4v) is 1.82. The molecule has 2 aromatic carbocycles. The van der Waals surface area contributed by atoms with Crippen molar-refractivity contribution in [3.8, 4) is 12.3 Å². The van der Waals surface area contributed by atoms with Crippen LogP contribution in [-0.2, 0) is 0 Å². The molecule has 0 aliphatic carbocycles. The molecule has 2 nitrogen and oxygen atoms in total. The van der Waals surface area contributed by atoms with E-state index in [-0.39, 0.29) is 16.6 Å². The molecule has 0 heterocycles. The van der Waals surface area contributed by atoms with Crippen LogP contribution in [0.4, 0.5) is 20.2 Å². The van der Waals surface area contributed by atoms with E-state index in [9.17, 15) is 8.78 Å². The van der Waals surface area contributed by atoms with Gasteiger partial charge < -0.3 is 11.1 Å². The lowest BCUT2D eigenvalue weighted by Crippen LogP contribution is -2.00. The van der Waals surface area contributed by atoms with Crippen molar-refractivity contribution >= 4 is 22.1 Å². The average Bonchev–Trinajstić information content (AvgIpc) is 2.33. The molecule has 86 valence electrons. The van der Waals surface area contributed by atoms with Crippen molar-refractivity contribution in [2.45, 2.75) is 0 Å². The first-order chi connectivity index (χ1) is 8.10. The van der Waals surface area contributed by atoms with E-state index in [1.54, 1.807) is 7.05 Å². The number of terminal acetylenes is 1. The molecule has 0 aliphatic rings. The van der Waals surface area contributed by atoms with Gasteiger partial charge >= 0.3 is 0 Å². The van der Waals surface area contributed by atoms with E-state index in [2.05, 4.69) is 11.2 Å². The summed E-state index contributed by atoms with van der Waals surface area (Å²) in [6, 6.07) is 3.87. The molecule has 0 bridgehead atoms. The van der Waals surface area contributed by atoms with Gasteiger partial charge in [0.15, 0.2) is 5.82 Å². The molecule has 17 heavy (non-hydrogen) atoms. The number of hydrogen-bond donors (Lipinski definition) is 2. The van der Waals surface area contributed by atoms with E-state index in [1.165, 1.54) is 12.1 Å². The lowest BCUT2D eigenvalue weighted by molar-refractivity contribution is 0.624. The zero-order valence-corrected chi connectivity index (χ0v) is 9.14. The minimum absolute atomic E-state index is 0.00331. The molecule has 0 fully saturated rings. The van der Waals surface area contributed by atoms with Gasteiger partial charge in [-0.2, -0.15) is 0 Å². The van der Waals surface area contributed by atoms with E-state index in [0.717, 1.165) is 6.07 Å². The van der Waals surface area contributed by atoms with Gasteiger partial charge in [-0.25, -0.2) is 8.78 Å². The van der Waals surface area contributed by atoms with Crippen LogP contribution in [-0.4, -0.2) is 7.05 Å². The van der Waals surface area contributed by atoms with Crippen LogP contribution < -0.4 is 11.1 Å². The number of halogens is 2. The van der Waals surface area contributed by atoms with Crippen molar-refractivity contribution in [2.24, 2.45) is 0 Å². The molecule has 0 aromatic heterocycles. The zero-order chi connectivity index (χ0) is 12.6. The van der Waals surface area contributed by atoms with Crippen LogP contribution in [0.15, 0.2) is 18.2 Å². The van der Waals surface area contributed by atoms with Crippen LogP contribution in [0, 0.1) is 24.0 Å². The normalized spacial score (nSPS) is 10.2. The maximum Gasteiger partial charge on any atom is 0.154 e. The summed E-state index contributed by atoms with van der Waals surface area (Å²) in [5, 5.41) is 3.38. The van der Waals surface area contributed by atoms with Crippen molar-refractivity contribution < 1.29 is 8.78 Å². The summed E-state index contributed by atoms with van der Waals surface area (Å²) in [5.41, 5.74) is 6.07. The van der Waals surface area contributed by atoms with Crippen molar-refractivity contribution in [1.29, 1.82) is 0 Å². The van der Waals surface area contributed by atoms with Gasteiger partial charge in [0.05, 0.1) is 11.3 Å². The van der Waals surface area contributed by atoms with Gasteiger partial charge in [-0.3, -0.25) is 0 Å². The predicted molar refractivity (Wildman–Crippen MR) is 65.8 cm³/mol. The largest absolute Gasteiger partial charge is 0.396 e. The molecule has 0 aliphatic heterocycles. The number of nitrogens with two attached hydrogens (primary N) is 1. The zero-order valence-electron chi connectivity index (χ0n) is 9.14. The fraction of sp³-hybridized carbons (Fsp3) is 0.0769. The number of benzene rings is 2. The smallest absolute Gasteiger partial charge is 0.154 e. The summed E-state index contributed by atoms with van der Waals surface area (Å²) in [4.78, 5) is 0. The van der Waals surface area contributed by atoms with Gasteiger partial charge in [-0.15, -0.1) is 6.42 Å². The Labute approximate surface area is 97.4 Å². The third kappa shape index (κ3) is 1.56. The second-order valence-electron chi connectivity index (χ2n) is 3.57. The van der Waals surface area contributed by atoms with Gasteiger partial charge in [-0.1, -0.05) is 5.92 Å². The Morgan fingerprint density at radius 1 is 1.35 bits per heavy atom. The molecule has 0 saturated carbocycles. The highest BCUT2D eigenvalue weighted by Gasteiger charge is 2.14. The summed E-state index contributed by atoms with van der Waals surface area (Å²) >= 11 is 0. The van der Waals surface area contributed by atoms with Gasteiger partial charge in [0, 0.05) is 23.5 Å². The number of fused-ring (bicyclic) bond motifs is 1. The average molecular weight is 232 g/mol. The number of anilines is 2. The number of nitrogen functional groups attached to an aromatic ring is 1. The highest BCUT2D eigenvalue weighted by molar-refractivity contribution is 6.01. The Morgan fingerprint density at radius 2 is 2.06 bits per heavy atom. The maximum atomic E-state index is 13.8. The first kappa shape index (κ1) is 11.2. The van der Waals surface area contributed by atoms with E-state index in [1.807, 2.05) is 0 Å². The Bertz CT molecular complexity index is 642. The molecule has 4 heteroatoms. The summed E-state index contributed by atoms with van der Waals surface area (Å²) in [5.74, 6) is 1.09. The monoisotopic (exact) mass is 232 g/mol. The second kappa shape index (κ2) is 3.95. The minimum atomic E-state index is -0.587. The summed E-state index contributed by atoms with van der Waals surface area (Å²) in [7, 11) is 1.64. The molecule has 0 spiro atoms. The second-order valence-corrected chi connectivity index (χ2v) is 3.57. The molecular formula is C13H10F2N2. The number of hydrogen-bond acceptors (Lipinski definition) is 2. The van der Waals surface area contributed by atoms with Crippen LogP contribution in [0.1, 0.15) is 5.56 Å². The Balaban J connectivity index is 3.05. The molecule has 0 saturated heterocycles. The lowest BCUT2D eigenvalue weighted by atomic mass is 10.0. The fourth-order valence-electron chi connectivity index (χ4n) is 1.82. The SMILES string of the molecule is C#Cc1c(F)ccc2c(F)c(N)cc(NC)c12. The quantitative estimate of drug-likeness (QED) is 0.586. The standard InChI is InChI=1S/C13H10F2N2/c1-3-7-9(14)5-4-8-12(7)11(17-2)6-10(16)13(8)15/h1,4-6,17H,16H2,2H3. The first-order valence-corrected chi connectivity index (χ1v) is 4.94. The summed E-state index contributed by atoms with van der Waals surface area (Å²) in [6.45, 7) is 0. The van der Waals surface area contributed by atoms with E-state index in [4.69, 9.17) is 12.2 Å². The van der Waals surface area contributed by atoms with Gasteiger partial charge in [0.25, 0.3) is 0 Å². The summed E-state index contributed by atoms with van der Waals surface area (Å²) < 4.78 is 27.4. The summed E-state index contributed by atoms with van der Waals surface area (Å²) in [6.07, 6.45) is 5.26. The van der Waals surface area contributed by atoms with Crippen molar-refractivity contribution in [2.75, 3.05) is 18.1 Å². The van der Waals surface area contributed by atoms with E-state index < -0.39 is 11.6 Å². The van der Waals surface area contributed by atoms with Crippen molar-refractivity contribution in [3.05, 3.63) is 35.4 Å². The highest BCUT2D eigenvalue weighted by Crippen LogP contribution is 2.33.